The lowest BCUT2D eigenvalue weighted by Crippen LogP contribution is -2.38. The van der Waals surface area contributed by atoms with Crippen LogP contribution < -0.4 is 0 Å². The van der Waals surface area contributed by atoms with Crippen LogP contribution in [0.4, 0.5) is 0 Å². The third-order valence-corrected chi connectivity index (χ3v) is 2.50. The summed E-state index contributed by atoms with van der Waals surface area (Å²) >= 11 is 0. The van der Waals surface area contributed by atoms with Gasteiger partial charge >= 0.3 is 0 Å². The summed E-state index contributed by atoms with van der Waals surface area (Å²) in [4.78, 5) is 0. The van der Waals surface area contributed by atoms with E-state index in [1.54, 1.807) is 0 Å². The minimum absolute atomic E-state index is 0.135. The second-order valence-corrected chi connectivity index (χ2v) is 8.53. The highest BCUT2D eigenvalue weighted by Crippen LogP contribution is 2.05. The molecule has 5 heteroatoms. The number of aliphatic hydroxyl groups is 2. The summed E-state index contributed by atoms with van der Waals surface area (Å²) in [6, 6.07) is 0. The Kier molecular flexibility index (Phi) is 5.74. The molecule has 0 rings (SSSR count). The Morgan fingerprint density at radius 1 is 1.08 bits per heavy atom. The fourth-order valence-electron chi connectivity index (χ4n) is 0.728. The molecule has 0 fully saturated rings. The van der Waals surface area contributed by atoms with Crippen molar-refractivity contribution in [1.82, 2.24) is 0 Å². The second kappa shape index (κ2) is 5.72. The summed E-state index contributed by atoms with van der Waals surface area (Å²) < 4.78 is 10.1. The second-order valence-electron chi connectivity index (χ2n) is 4.01. The summed E-state index contributed by atoms with van der Waals surface area (Å²) in [7, 11) is -0.119. The van der Waals surface area contributed by atoms with Crippen LogP contribution in [-0.2, 0) is 9.16 Å². The average Bonchev–Trinajstić information content (AvgIpc) is 1.99. The van der Waals surface area contributed by atoms with E-state index in [1.807, 2.05) is 19.6 Å². The lowest BCUT2D eigenvalue weighted by molar-refractivity contribution is -0.0446. The Morgan fingerprint density at radius 2 is 1.54 bits per heavy atom. The van der Waals surface area contributed by atoms with Gasteiger partial charge in [-0.25, -0.2) is 0 Å². The monoisotopic (exact) mass is 208 g/mol. The maximum Gasteiger partial charge on any atom is 0.183 e. The molecular formula is C8H20O4Si. The van der Waals surface area contributed by atoms with E-state index in [9.17, 15) is 10.2 Å². The topological polar surface area (TPSA) is 58.9 Å². The summed E-state index contributed by atoms with van der Waals surface area (Å²) in [6.07, 6.45) is -1.71. The Bertz CT molecular complexity index is 135. The molecule has 0 aromatic carbocycles. The molecule has 0 aliphatic carbocycles. The lowest BCUT2D eigenvalue weighted by Gasteiger charge is -2.22. The van der Waals surface area contributed by atoms with E-state index < -0.39 is 20.5 Å². The normalized spacial score (nSPS) is 17.1. The van der Waals surface area contributed by atoms with Gasteiger partial charge in [0.1, 0.15) is 12.2 Å². The molecule has 0 radical (unpaired) electrons. The first-order valence-electron chi connectivity index (χ1n) is 4.36. The molecule has 0 aliphatic rings. The highest BCUT2D eigenvalue weighted by molar-refractivity contribution is 6.69. The summed E-state index contributed by atoms with van der Waals surface area (Å²) in [5.74, 6) is 0. The number of aliphatic hydroxyl groups excluding tert-OH is 2. The van der Waals surface area contributed by atoms with Crippen molar-refractivity contribution in [3.8, 4) is 0 Å². The lowest BCUT2D eigenvalue weighted by atomic mass is 10.2. The number of ether oxygens (including phenoxy) is 1. The van der Waals surface area contributed by atoms with E-state index >= 15 is 0 Å². The van der Waals surface area contributed by atoms with Gasteiger partial charge in [0.15, 0.2) is 8.32 Å². The smallest absolute Gasteiger partial charge is 0.183 e. The standard InChI is InChI=1S/C8H20O4Si/c1-11-5-7(9)8(10)6-12-13(2,3)4/h7-10H,5-6H2,1-4H3/t7-,8+/m1/s1. The fraction of sp³-hybridized carbons (Fsp3) is 1.00. The van der Waals surface area contributed by atoms with Crippen molar-refractivity contribution in [3.05, 3.63) is 0 Å². The summed E-state index contributed by atoms with van der Waals surface area (Å²) in [6.45, 7) is 6.41. The third-order valence-electron chi connectivity index (χ3n) is 1.47. The molecule has 80 valence electrons. The van der Waals surface area contributed by atoms with Crippen LogP contribution in [0, 0.1) is 0 Å². The first-order valence-corrected chi connectivity index (χ1v) is 7.76. The van der Waals surface area contributed by atoms with Crippen molar-refractivity contribution >= 4 is 8.32 Å². The van der Waals surface area contributed by atoms with Gasteiger partial charge in [-0.3, -0.25) is 0 Å². The minimum Gasteiger partial charge on any atom is -0.415 e. The molecule has 0 saturated heterocycles. The zero-order valence-electron chi connectivity index (χ0n) is 8.78. The zero-order valence-corrected chi connectivity index (χ0v) is 9.78. The number of hydrogen-bond acceptors (Lipinski definition) is 4. The average molecular weight is 208 g/mol. The largest absolute Gasteiger partial charge is 0.415 e. The first-order chi connectivity index (χ1) is 5.87. The quantitative estimate of drug-likeness (QED) is 0.613. The molecule has 0 aliphatic heterocycles. The van der Waals surface area contributed by atoms with Crippen molar-refractivity contribution < 1.29 is 19.4 Å². The number of hydrogen-bond donors (Lipinski definition) is 2. The summed E-state index contributed by atoms with van der Waals surface area (Å²) in [5, 5.41) is 18.7. The number of methoxy groups -OCH3 is 1. The van der Waals surface area contributed by atoms with Gasteiger partial charge in [0.05, 0.1) is 13.2 Å². The molecule has 2 N–H and O–H groups in total. The molecule has 13 heavy (non-hydrogen) atoms. The molecule has 0 aromatic rings. The van der Waals surface area contributed by atoms with Gasteiger partial charge in [0, 0.05) is 7.11 Å². The van der Waals surface area contributed by atoms with Crippen molar-refractivity contribution in [1.29, 1.82) is 0 Å². The van der Waals surface area contributed by atoms with E-state index in [2.05, 4.69) is 0 Å². The Labute approximate surface area is 80.6 Å². The third kappa shape index (κ3) is 7.15. The molecular weight excluding hydrogens is 188 g/mol. The van der Waals surface area contributed by atoms with Crippen LogP contribution in [0.5, 0.6) is 0 Å². The Morgan fingerprint density at radius 3 is 1.92 bits per heavy atom. The minimum atomic E-state index is -1.60. The van der Waals surface area contributed by atoms with E-state index in [0.717, 1.165) is 0 Å². The van der Waals surface area contributed by atoms with E-state index in [4.69, 9.17) is 9.16 Å². The molecule has 4 nitrogen and oxygen atoms in total. The van der Waals surface area contributed by atoms with Gasteiger partial charge in [0.2, 0.25) is 0 Å². The highest BCUT2D eigenvalue weighted by atomic mass is 28.4. The maximum atomic E-state index is 9.38. The predicted molar refractivity (Wildman–Crippen MR) is 53.2 cm³/mol. The zero-order chi connectivity index (χ0) is 10.5. The van der Waals surface area contributed by atoms with Gasteiger partial charge in [0.25, 0.3) is 0 Å². The first kappa shape index (κ1) is 13.1. The van der Waals surface area contributed by atoms with Gasteiger partial charge in [-0.05, 0) is 19.6 Å². The van der Waals surface area contributed by atoms with Gasteiger partial charge < -0.3 is 19.4 Å². The fourth-order valence-corrected chi connectivity index (χ4v) is 1.40. The van der Waals surface area contributed by atoms with Crippen molar-refractivity contribution in [3.63, 3.8) is 0 Å². The molecule has 2 atom stereocenters. The van der Waals surface area contributed by atoms with Gasteiger partial charge in [-0.2, -0.15) is 0 Å². The van der Waals surface area contributed by atoms with Crippen LogP contribution in [-0.4, -0.2) is 51.1 Å². The van der Waals surface area contributed by atoms with Crippen LogP contribution >= 0.6 is 0 Å². The molecule has 0 saturated carbocycles. The van der Waals surface area contributed by atoms with Gasteiger partial charge in [-0.15, -0.1) is 0 Å². The van der Waals surface area contributed by atoms with Crippen LogP contribution in [0.1, 0.15) is 0 Å². The Hall–Kier alpha value is 0.0569. The van der Waals surface area contributed by atoms with Crippen molar-refractivity contribution in [2.45, 2.75) is 31.8 Å². The van der Waals surface area contributed by atoms with Crippen LogP contribution in [0.2, 0.25) is 19.6 Å². The van der Waals surface area contributed by atoms with E-state index in [-0.39, 0.29) is 13.2 Å². The van der Waals surface area contributed by atoms with Crippen LogP contribution in [0.3, 0.4) is 0 Å². The molecule has 0 bridgehead atoms. The molecule has 0 spiro atoms. The van der Waals surface area contributed by atoms with Crippen LogP contribution in [0.25, 0.3) is 0 Å². The predicted octanol–water partition coefficient (Wildman–Crippen LogP) is 0.206. The van der Waals surface area contributed by atoms with Gasteiger partial charge in [-0.1, -0.05) is 0 Å². The van der Waals surface area contributed by atoms with Crippen LogP contribution in [0.15, 0.2) is 0 Å². The molecule has 0 amide bonds. The van der Waals surface area contributed by atoms with Crippen molar-refractivity contribution in [2.75, 3.05) is 20.3 Å². The SMILES string of the molecule is COC[C@@H](O)[C@@H](O)CO[Si](C)(C)C. The molecule has 0 unspecified atom stereocenters. The number of rotatable bonds is 6. The van der Waals surface area contributed by atoms with E-state index in [1.165, 1.54) is 7.11 Å². The highest BCUT2D eigenvalue weighted by Gasteiger charge is 2.20. The maximum absolute atomic E-state index is 9.38. The summed E-state index contributed by atoms with van der Waals surface area (Å²) in [5.41, 5.74) is 0. The molecule has 0 heterocycles. The van der Waals surface area contributed by atoms with E-state index in [0.29, 0.717) is 0 Å². The van der Waals surface area contributed by atoms with Crippen molar-refractivity contribution in [2.24, 2.45) is 0 Å². The molecule has 0 aromatic heterocycles. The Balaban J connectivity index is 3.67.